The summed E-state index contributed by atoms with van der Waals surface area (Å²) in [6.45, 7) is 3.86. The van der Waals surface area contributed by atoms with E-state index in [1.807, 2.05) is 80.6 Å². The van der Waals surface area contributed by atoms with E-state index in [4.69, 9.17) is 26.4 Å². The van der Waals surface area contributed by atoms with Crippen LogP contribution in [-0.4, -0.2) is 27.8 Å². The fourth-order valence-corrected chi connectivity index (χ4v) is 5.87. The van der Waals surface area contributed by atoms with Crippen LogP contribution in [0, 0.1) is 6.92 Å². The molecule has 10 heteroatoms. The number of hydrogen-bond acceptors (Lipinski definition) is 6. The molecule has 0 fully saturated rings. The van der Waals surface area contributed by atoms with E-state index in [1.165, 1.54) is 11.8 Å². The number of ether oxygens (including phenoxy) is 1. The summed E-state index contributed by atoms with van der Waals surface area (Å²) in [6, 6.07) is 20.6. The second-order valence-corrected chi connectivity index (χ2v) is 11.1. The fourth-order valence-electron chi connectivity index (χ4n) is 4.37. The van der Waals surface area contributed by atoms with Crippen molar-refractivity contribution in [3.05, 3.63) is 104 Å². The zero-order chi connectivity index (χ0) is 26.8. The minimum Gasteiger partial charge on any atom is -0.496 e. The number of nitrogens with one attached hydrogen (secondary N) is 2. The van der Waals surface area contributed by atoms with Gasteiger partial charge in [-0.05, 0) is 61.4 Å². The van der Waals surface area contributed by atoms with Crippen molar-refractivity contribution in [1.29, 1.82) is 0 Å². The summed E-state index contributed by atoms with van der Waals surface area (Å²) in [5, 5.41) is 12.4. The van der Waals surface area contributed by atoms with Gasteiger partial charge in [-0.3, -0.25) is 4.79 Å². The second-order valence-electron chi connectivity index (χ2n) is 8.82. The maximum Gasteiger partial charge on any atom is 0.255 e. The highest BCUT2D eigenvalue weighted by molar-refractivity contribution is 9.10. The van der Waals surface area contributed by atoms with Gasteiger partial charge in [-0.2, -0.15) is 4.98 Å². The largest absolute Gasteiger partial charge is 0.496 e. The molecule has 0 bridgehead atoms. The standard InChI is InChI=1S/C28H25BrClN5O2S/c1-16-7-6-9-20(13-16)32-26(36)24-17(2)31-27-33-28(38-15-18-8-4-5-10-22(18)30)34-35(27)25(24)21-14-19(29)11-12-23(21)37-3/h4-14,25H,15H2,1-3H3,(H,32,36)(H,31,33,34). The first-order chi connectivity index (χ1) is 18.3. The number of carbonyl (C=O) groups is 1. The number of fused-ring (bicyclic) bond motifs is 1. The molecule has 1 unspecified atom stereocenters. The highest BCUT2D eigenvalue weighted by Gasteiger charge is 2.36. The molecule has 3 aromatic carbocycles. The molecule has 0 saturated heterocycles. The minimum atomic E-state index is -0.578. The quantitative estimate of drug-likeness (QED) is 0.215. The fraction of sp³-hybridized carbons (Fsp3) is 0.179. The first-order valence-corrected chi connectivity index (χ1v) is 14.0. The van der Waals surface area contributed by atoms with Crippen LogP contribution in [-0.2, 0) is 10.5 Å². The Balaban J connectivity index is 1.55. The maximum atomic E-state index is 13.8. The Morgan fingerprint density at radius 1 is 1.16 bits per heavy atom. The zero-order valence-electron chi connectivity index (χ0n) is 21.0. The number of anilines is 2. The van der Waals surface area contributed by atoms with E-state index < -0.39 is 6.04 Å². The number of methoxy groups -OCH3 is 1. The number of halogens is 2. The molecule has 7 nitrogen and oxygen atoms in total. The van der Waals surface area contributed by atoms with Crippen molar-refractivity contribution in [2.45, 2.75) is 30.8 Å². The number of allylic oxidation sites excluding steroid dienone is 1. The molecule has 1 aliphatic rings. The van der Waals surface area contributed by atoms with Crippen molar-refractivity contribution >= 4 is 56.8 Å². The lowest BCUT2D eigenvalue weighted by Crippen LogP contribution is -2.31. The van der Waals surface area contributed by atoms with E-state index in [9.17, 15) is 4.79 Å². The molecule has 5 rings (SSSR count). The van der Waals surface area contributed by atoms with Gasteiger partial charge in [-0.1, -0.05) is 69.6 Å². The van der Waals surface area contributed by atoms with Crippen molar-refractivity contribution in [3.63, 3.8) is 0 Å². The lowest BCUT2D eigenvalue weighted by molar-refractivity contribution is -0.113. The Kier molecular flexibility index (Phi) is 7.78. The van der Waals surface area contributed by atoms with Crippen molar-refractivity contribution < 1.29 is 9.53 Å². The van der Waals surface area contributed by atoms with Crippen LogP contribution >= 0.6 is 39.3 Å². The van der Waals surface area contributed by atoms with Crippen LogP contribution in [0.1, 0.15) is 29.7 Å². The average molecular weight is 611 g/mol. The molecule has 0 spiro atoms. The number of amides is 1. The van der Waals surface area contributed by atoms with Gasteiger partial charge in [0.05, 0.1) is 12.7 Å². The van der Waals surface area contributed by atoms with Crippen LogP contribution in [0.25, 0.3) is 0 Å². The summed E-state index contributed by atoms with van der Waals surface area (Å²) in [4.78, 5) is 18.5. The number of benzene rings is 3. The van der Waals surface area contributed by atoms with Gasteiger partial charge in [0.1, 0.15) is 11.8 Å². The van der Waals surface area contributed by atoms with Crippen molar-refractivity contribution in [3.8, 4) is 5.75 Å². The van der Waals surface area contributed by atoms with Crippen molar-refractivity contribution in [2.24, 2.45) is 0 Å². The molecular formula is C28H25BrClN5O2S. The Labute approximate surface area is 238 Å². The molecule has 1 aliphatic heterocycles. The number of aryl methyl sites for hydroxylation is 1. The third-order valence-electron chi connectivity index (χ3n) is 6.15. The molecular weight excluding hydrogens is 586 g/mol. The minimum absolute atomic E-state index is 0.237. The molecule has 38 heavy (non-hydrogen) atoms. The Bertz CT molecular complexity index is 1550. The predicted molar refractivity (Wildman–Crippen MR) is 156 cm³/mol. The van der Waals surface area contributed by atoms with Crippen LogP contribution in [0.15, 0.2) is 87.6 Å². The number of hydrogen-bond donors (Lipinski definition) is 2. The lowest BCUT2D eigenvalue weighted by Gasteiger charge is -2.29. The molecule has 1 atom stereocenters. The molecule has 0 saturated carbocycles. The smallest absolute Gasteiger partial charge is 0.255 e. The summed E-state index contributed by atoms with van der Waals surface area (Å²) < 4.78 is 8.32. The van der Waals surface area contributed by atoms with Crippen LogP contribution < -0.4 is 15.4 Å². The van der Waals surface area contributed by atoms with Crippen LogP contribution in [0.3, 0.4) is 0 Å². The van der Waals surface area contributed by atoms with Crippen LogP contribution in [0.5, 0.6) is 5.75 Å². The van der Waals surface area contributed by atoms with Gasteiger partial charge < -0.3 is 15.4 Å². The van der Waals surface area contributed by atoms with E-state index in [-0.39, 0.29) is 5.91 Å². The van der Waals surface area contributed by atoms with E-state index in [1.54, 1.807) is 11.8 Å². The number of rotatable bonds is 7. The zero-order valence-corrected chi connectivity index (χ0v) is 24.1. The summed E-state index contributed by atoms with van der Waals surface area (Å²) in [6.07, 6.45) is 0. The van der Waals surface area contributed by atoms with Gasteiger partial charge in [0.15, 0.2) is 0 Å². The molecule has 0 radical (unpaired) electrons. The lowest BCUT2D eigenvalue weighted by atomic mass is 9.94. The van der Waals surface area contributed by atoms with E-state index in [0.29, 0.717) is 38.9 Å². The molecule has 4 aromatic rings. The molecule has 0 aliphatic carbocycles. The van der Waals surface area contributed by atoms with Gasteiger partial charge in [-0.25, -0.2) is 4.68 Å². The van der Waals surface area contributed by atoms with Gasteiger partial charge in [0, 0.05) is 32.2 Å². The Hall–Kier alpha value is -3.27. The van der Waals surface area contributed by atoms with Gasteiger partial charge in [0.25, 0.3) is 5.91 Å². The highest BCUT2D eigenvalue weighted by atomic mass is 79.9. The highest BCUT2D eigenvalue weighted by Crippen LogP contribution is 2.41. The predicted octanol–water partition coefficient (Wildman–Crippen LogP) is 7.23. The Morgan fingerprint density at radius 2 is 1.97 bits per heavy atom. The summed E-state index contributed by atoms with van der Waals surface area (Å²) >= 11 is 11.4. The summed E-state index contributed by atoms with van der Waals surface area (Å²) in [5.41, 5.74) is 4.76. The van der Waals surface area contributed by atoms with Crippen LogP contribution in [0.4, 0.5) is 11.6 Å². The third kappa shape index (κ3) is 5.45. The van der Waals surface area contributed by atoms with E-state index in [2.05, 4.69) is 26.6 Å². The SMILES string of the molecule is COc1ccc(Br)cc1C1C(C(=O)Nc2cccc(C)c2)=C(C)Nc2nc(SCc3ccccc3Cl)nn21. The van der Waals surface area contributed by atoms with Gasteiger partial charge in [-0.15, -0.1) is 5.10 Å². The van der Waals surface area contributed by atoms with E-state index >= 15 is 0 Å². The number of carbonyl (C=O) groups excluding carboxylic acids is 1. The Morgan fingerprint density at radius 3 is 2.74 bits per heavy atom. The number of aromatic nitrogens is 3. The molecule has 2 heterocycles. The van der Waals surface area contributed by atoms with Crippen molar-refractivity contribution in [2.75, 3.05) is 17.7 Å². The second kappa shape index (κ2) is 11.2. The van der Waals surface area contributed by atoms with Crippen molar-refractivity contribution in [1.82, 2.24) is 14.8 Å². The first-order valence-electron chi connectivity index (χ1n) is 11.9. The number of nitrogens with zero attached hydrogens (tertiary/aromatic N) is 3. The number of thioether (sulfide) groups is 1. The molecule has 1 aromatic heterocycles. The summed E-state index contributed by atoms with van der Waals surface area (Å²) in [7, 11) is 1.62. The van der Waals surface area contributed by atoms with Gasteiger partial charge >= 0.3 is 0 Å². The topological polar surface area (TPSA) is 81.1 Å². The summed E-state index contributed by atoms with van der Waals surface area (Å²) in [5.74, 6) is 1.56. The first kappa shape index (κ1) is 26.3. The normalized spacial score (nSPS) is 14.6. The molecule has 1 amide bonds. The molecule has 194 valence electrons. The maximum absolute atomic E-state index is 13.8. The third-order valence-corrected chi connectivity index (χ3v) is 7.90. The average Bonchev–Trinajstić information content (AvgIpc) is 3.29. The van der Waals surface area contributed by atoms with E-state index in [0.717, 1.165) is 26.9 Å². The molecule has 2 N–H and O–H groups in total. The monoisotopic (exact) mass is 609 g/mol. The van der Waals surface area contributed by atoms with Gasteiger partial charge in [0.2, 0.25) is 11.1 Å². The van der Waals surface area contributed by atoms with Crippen LogP contribution in [0.2, 0.25) is 5.02 Å².